The van der Waals surface area contributed by atoms with Gasteiger partial charge in [-0.25, -0.2) is 17.5 Å². The summed E-state index contributed by atoms with van der Waals surface area (Å²) in [4.78, 5) is 11.8. The van der Waals surface area contributed by atoms with Gasteiger partial charge in [0.15, 0.2) is 0 Å². The van der Waals surface area contributed by atoms with Crippen LogP contribution in [0.4, 0.5) is 4.79 Å². The van der Waals surface area contributed by atoms with Crippen molar-refractivity contribution >= 4 is 16.1 Å². The van der Waals surface area contributed by atoms with Crippen molar-refractivity contribution in [1.82, 2.24) is 9.62 Å². The number of nitrogens with one attached hydrogen (secondary N) is 1. The van der Waals surface area contributed by atoms with E-state index in [0.29, 0.717) is 25.9 Å². The van der Waals surface area contributed by atoms with Gasteiger partial charge in [0.2, 0.25) is 10.0 Å². The molecule has 1 heterocycles. The van der Waals surface area contributed by atoms with Crippen LogP contribution in [0.1, 0.15) is 85.0 Å². The van der Waals surface area contributed by atoms with Crippen LogP contribution < -0.4 is 11.1 Å². The fraction of sp³-hybridized carbons (Fsp3) is 0.950. The van der Waals surface area contributed by atoms with E-state index in [2.05, 4.69) is 5.32 Å². The Kier molecular flexibility index (Phi) is 11.4. The molecule has 0 saturated carbocycles. The number of amides is 1. The molecule has 0 unspecified atom stereocenters. The van der Waals surface area contributed by atoms with Crippen LogP contribution in [-0.2, 0) is 14.8 Å². The van der Waals surface area contributed by atoms with Crippen molar-refractivity contribution in [3.8, 4) is 0 Å². The van der Waals surface area contributed by atoms with Gasteiger partial charge in [-0.2, -0.15) is 0 Å². The summed E-state index contributed by atoms with van der Waals surface area (Å²) in [5, 5.41) is 2.84. The number of carbonyl (C=O) groups is 1. The van der Waals surface area contributed by atoms with E-state index in [1.807, 2.05) is 20.8 Å². The average molecular weight is 420 g/mol. The lowest BCUT2D eigenvalue weighted by molar-refractivity contribution is 0.0489. The van der Waals surface area contributed by atoms with Crippen LogP contribution in [0.3, 0.4) is 0 Å². The van der Waals surface area contributed by atoms with Crippen molar-refractivity contribution < 1.29 is 17.9 Å². The molecular weight excluding hydrogens is 378 g/mol. The molecule has 0 aromatic rings. The Hall–Kier alpha value is -0.860. The fourth-order valence-corrected chi connectivity index (χ4v) is 4.97. The third-order valence-corrected chi connectivity index (χ3v) is 6.88. The van der Waals surface area contributed by atoms with Crippen molar-refractivity contribution in [3.63, 3.8) is 0 Å². The Bertz CT molecular complexity index is 538. The normalized spacial score (nSPS) is 16.9. The van der Waals surface area contributed by atoms with E-state index in [1.165, 1.54) is 25.7 Å². The van der Waals surface area contributed by atoms with Crippen molar-refractivity contribution in [2.24, 2.45) is 5.73 Å². The molecule has 0 spiro atoms. The SMILES string of the molecule is CC(C)(C)OC(=O)NC1CCN(S(=O)(=O)CCCCCCCCCCN)CC1. The smallest absolute Gasteiger partial charge is 0.407 e. The molecule has 1 rings (SSSR count). The quantitative estimate of drug-likeness (QED) is 0.472. The molecule has 1 fully saturated rings. The Balaban J connectivity index is 2.18. The standard InChI is InChI=1S/C20H41N3O4S/c1-20(2,3)27-19(24)22-18-12-15-23(16-13-18)28(25,26)17-11-9-7-5-4-6-8-10-14-21/h18H,4-17,21H2,1-3H3,(H,22,24). The predicted molar refractivity (Wildman–Crippen MR) is 114 cm³/mol. The minimum Gasteiger partial charge on any atom is -0.444 e. The zero-order valence-corrected chi connectivity index (χ0v) is 18.9. The first-order chi connectivity index (χ1) is 13.1. The second-order valence-corrected chi connectivity index (χ2v) is 10.8. The Morgan fingerprint density at radius 2 is 1.50 bits per heavy atom. The zero-order chi connectivity index (χ0) is 21.0. The molecule has 3 N–H and O–H groups in total. The molecule has 1 amide bonds. The van der Waals surface area contributed by atoms with Gasteiger partial charge in [-0.15, -0.1) is 0 Å². The molecule has 166 valence electrons. The number of piperidine rings is 1. The van der Waals surface area contributed by atoms with E-state index < -0.39 is 21.7 Å². The molecule has 1 aliphatic rings. The van der Waals surface area contributed by atoms with E-state index in [4.69, 9.17) is 10.5 Å². The maximum absolute atomic E-state index is 12.5. The zero-order valence-electron chi connectivity index (χ0n) is 18.0. The number of nitrogens with zero attached hydrogens (tertiary/aromatic N) is 1. The highest BCUT2D eigenvalue weighted by atomic mass is 32.2. The van der Waals surface area contributed by atoms with Crippen LogP contribution in [0.5, 0.6) is 0 Å². The third kappa shape index (κ3) is 11.2. The predicted octanol–water partition coefficient (Wildman–Crippen LogP) is 3.38. The van der Waals surface area contributed by atoms with Gasteiger partial charge in [0.05, 0.1) is 5.75 Å². The van der Waals surface area contributed by atoms with Crippen LogP contribution in [0, 0.1) is 0 Å². The number of hydrogen-bond acceptors (Lipinski definition) is 5. The van der Waals surface area contributed by atoms with E-state index in [-0.39, 0.29) is 11.8 Å². The Labute approximate surface area is 171 Å². The van der Waals surface area contributed by atoms with Crippen LogP contribution in [0.15, 0.2) is 0 Å². The largest absolute Gasteiger partial charge is 0.444 e. The highest BCUT2D eigenvalue weighted by Crippen LogP contribution is 2.17. The monoisotopic (exact) mass is 419 g/mol. The van der Waals surface area contributed by atoms with Crippen molar-refractivity contribution in [1.29, 1.82) is 0 Å². The maximum atomic E-state index is 12.5. The molecule has 0 aromatic heterocycles. The molecule has 0 atom stereocenters. The Morgan fingerprint density at radius 1 is 1.00 bits per heavy atom. The first-order valence-electron chi connectivity index (χ1n) is 10.8. The van der Waals surface area contributed by atoms with Crippen molar-refractivity contribution in [2.75, 3.05) is 25.4 Å². The number of unbranched alkanes of at least 4 members (excludes halogenated alkanes) is 7. The van der Waals surface area contributed by atoms with E-state index in [1.54, 1.807) is 4.31 Å². The number of nitrogens with two attached hydrogens (primary N) is 1. The molecule has 0 aliphatic carbocycles. The summed E-state index contributed by atoms with van der Waals surface area (Å²) in [6, 6.07) is -0.0272. The maximum Gasteiger partial charge on any atom is 0.407 e. The van der Waals surface area contributed by atoms with Gasteiger partial charge >= 0.3 is 6.09 Å². The first kappa shape index (κ1) is 25.2. The second kappa shape index (κ2) is 12.6. The molecule has 28 heavy (non-hydrogen) atoms. The highest BCUT2D eigenvalue weighted by molar-refractivity contribution is 7.89. The van der Waals surface area contributed by atoms with Crippen molar-refractivity contribution in [2.45, 2.75) is 96.6 Å². The molecule has 8 heteroatoms. The van der Waals surface area contributed by atoms with Gasteiger partial charge in [0.1, 0.15) is 5.60 Å². The number of carbonyl (C=O) groups excluding carboxylic acids is 1. The lowest BCUT2D eigenvalue weighted by Crippen LogP contribution is -2.48. The molecule has 1 saturated heterocycles. The molecular formula is C20H41N3O4S. The van der Waals surface area contributed by atoms with Gasteiger partial charge in [0, 0.05) is 19.1 Å². The molecule has 0 bridgehead atoms. The number of ether oxygens (including phenoxy) is 1. The van der Waals surface area contributed by atoms with Gasteiger partial charge in [-0.1, -0.05) is 38.5 Å². The summed E-state index contributed by atoms with van der Waals surface area (Å²) >= 11 is 0. The van der Waals surface area contributed by atoms with Gasteiger partial charge in [-0.3, -0.25) is 0 Å². The van der Waals surface area contributed by atoms with Crippen LogP contribution in [-0.4, -0.2) is 55.8 Å². The highest BCUT2D eigenvalue weighted by Gasteiger charge is 2.29. The summed E-state index contributed by atoms with van der Waals surface area (Å²) in [6.45, 7) is 7.16. The number of hydrogen-bond donors (Lipinski definition) is 2. The second-order valence-electron chi connectivity index (χ2n) is 8.75. The lowest BCUT2D eigenvalue weighted by Gasteiger charge is -2.32. The van der Waals surface area contributed by atoms with E-state index in [9.17, 15) is 13.2 Å². The minimum absolute atomic E-state index is 0.0272. The van der Waals surface area contributed by atoms with Gasteiger partial charge in [0.25, 0.3) is 0 Å². The summed E-state index contributed by atoms with van der Waals surface area (Å²) < 4.78 is 31.9. The summed E-state index contributed by atoms with van der Waals surface area (Å²) in [5.41, 5.74) is 4.95. The number of rotatable bonds is 12. The number of sulfonamides is 1. The van der Waals surface area contributed by atoms with E-state index in [0.717, 1.165) is 32.2 Å². The van der Waals surface area contributed by atoms with Crippen LogP contribution >= 0.6 is 0 Å². The molecule has 1 aliphatic heterocycles. The molecule has 7 nitrogen and oxygen atoms in total. The number of alkyl carbamates (subject to hydrolysis) is 1. The molecule has 0 radical (unpaired) electrons. The minimum atomic E-state index is -3.19. The van der Waals surface area contributed by atoms with Gasteiger partial charge < -0.3 is 15.8 Å². The topological polar surface area (TPSA) is 102 Å². The fourth-order valence-electron chi connectivity index (χ4n) is 3.37. The average Bonchev–Trinajstić information content (AvgIpc) is 2.59. The Morgan fingerprint density at radius 3 is 2.00 bits per heavy atom. The van der Waals surface area contributed by atoms with E-state index >= 15 is 0 Å². The lowest BCUT2D eigenvalue weighted by atomic mass is 10.1. The summed E-state index contributed by atoms with van der Waals surface area (Å²) in [5.74, 6) is 0.227. The summed E-state index contributed by atoms with van der Waals surface area (Å²) in [6.07, 6.45) is 9.51. The summed E-state index contributed by atoms with van der Waals surface area (Å²) in [7, 11) is -3.19. The first-order valence-corrected chi connectivity index (χ1v) is 12.4. The van der Waals surface area contributed by atoms with Crippen LogP contribution in [0.25, 0.3) is 0 Å². The molecule has 0 aromatic carbocycles. The van der Waals surface area contributed by atoms with Gasteiger partial charge in [-0.05, 0) is 53.0 Å². The van der Waals surface area contributed by atoms with Crippen LogP contribution in [0.2, 0.25) is 0 Å². The third-order valence-electron chi connectivity index (χ3n) is 4.92. The van der Waals surface area contributed by atoms with Crippen molar-refractivity contribution in [3.05, 3.63) is 0 Å².